The molecule has 2 saturated heterocycles. The van der Waals surface area contributed by atoms with E-state index >= 15 is 0 Å². The summed E-state index contributed by atoms with van der Waals surface area (Å²) in [5.41, 5.74) is 1.83. The van der Waals surface area contributed by atoms with Gasteiger partial charge in [0.05, 0.1) is 18.1 Å². The molecular weight excluding hydrogens is 436 g/mol. The zero-order valence-electron chi connectivity index (χ0n) is 18.2. The molecule has 1 N–H and O–H groups in total. The summed E-state index contributed by atoms with van der Waals surface area (Å²) in [7, 11) is -4.13. The maximum atomic E-state index is 13.0. The third-order valence-corrected chi connectivity index (χ3v) is 6.75. The summed E-state index contributed by atoms with van der Waals surface area (Å²) in [4.78, 5) is 0.0224. The molecule has 0 saturated carbocycles. The molecule has 2 aliphatic rings. The molecular formula is C23H28O8S. The van der Waals surface area contributed by atoms with Crippen LogP contribution in [0.4, 0.5) is 0 Å². The Kier molecular flexibility index (Phi) is 6.69. The smallest absolute Gasteiger partial charge is 0.297 e. The lowest BCUT2D eigenvalue weighted by Crippen LogP contribution is -2.46. The van der Waals surface area contributed by atoms with Gasteiger partial charge in [0.15, 0.2) is 12.1 Å². The Bertz CT molecular complexity index is 1010. The van der Waals surface area contributed by atoms with Gasteiger partial charge >= 0.3 is 0 Å². The van der Waals surface area contributed by atoms with Crippen molar-refractivity contribution < 1.29 is 36.7 Å². The SMILES string of the molecule is Cc1ccc(S(=O)(=O)O[C@@H]2[C@H]3OC(C)(C)O[C@H]3O[C@@H]2[C@@H](CO)OCc2ccccc2)cc1. The van der Waals surface area contributed by atoms with E-state index < -0.39 is 53.2 Å². The van der Waals surface area contributed by atoms with Gasteiger partial charge in [0.25, 0.3) is 10.1 Å². The second-order valence-corrected chi connectivity index (χ2v) is 9.99. The van der Waals surface area contributed by atoms with E-state index in [-0.39, 0.29) is 11.5 Å². The van der Waals surface area contributed by atoms with Crippen molar-refractivity contribution in [2.24, 2.45) is 0 Å². The molecule has 8 nitrogen and oxygen atoms in total. The lowest BCUT2D eigenvalue weighted by molar-refractivity contribution is -0.230. The summed E-state index contributed by atoms with van der Waals surface area (Å²) in [5, 5.41) is 10.0. The van der Waals surface area contributed by atoms with Crippen LogP contribution in [0.15, 0.2) is 59.5 Å². The van der Waals surface area contributed by atoms with Gasteiger partial charge in [-0.25, -0.2) is 0 Å². The van der Waals surface area contributed by atoms with Gasteiger partial charge in [0.2, 0.25) is 0 Å². The van der Waals surface area contributed by atoms with Gasteiger partial charge in [-0.1, -0.05) is 48.0 Å². The van der Waals surface area contributed by atoms with Crippen LogP contribution < -0.4 is 0 Å². The first kappa shape index (κ1) is 23.3. The summed E-state index contributed by atoms with van der Waals surface area (Å²) >= 11 is 0. The monoisotopic (exact) mass is 464 g/mol. The van der Waals surface area contributed by atoms with Crippen molar-refractivity contribution in [3.63, 3.8) is 0 Å². The van der Waals surface area contributed by atoms with Crippen molar-refractivity contribution in [3.8, 4) is 0 Å². The molecule has 0 aliphatic carbocycles. The predicted octanol–water partition coefficient (Wildman–Crippen LogP) is 2.52. The molecule has 9 heteroatoms. The molecule has 2 heterocycles. The molecule has 2 aromatic rings. The summed E-state index contributed by atoms with van der Waals surface area (Å²) in [5.74, 6) is -0.963. The van der Waals surface area contributed by atoms with Crippen molar-refractivity contribution in [1.29, 1.82) is 0 Å². The number of aliphatic hydroxyl groups excluding tert-OH is 1. The predicted molar refractivity (Wildman–Crippen MR) is 114 cm³/mol. The van der Waals surface area contributed by atoms with Crippen molar-refractivity contribution in [2.75, 3.05) is 6.61 Å². The molecule has 2 aromatic carbocycles. The second kappa shape index (κ2) is 9.18. The molecule has 0 amide bonds. The molecule has 0 bridgehead atoms. The minimum atomic E-state index is -4.13. The number of fused-ring (bicyclic) bond motifs is 1. The zero-order valence-corrected chi connectivity index (χ0v) is 19.0. The minimum absolute atomic E-state index is 0.0224. The fraction of sp³-hybridized carbons (Fsp3) is 0.478. The van der Waals surface area contributed by atoms with E-state index in [1.165, 1.54) is 12.1 Å². The lowest BCUT2D eigenvalue weighted by Gasteiger charge is -2.29. The Labute approximate surface area is 188 Å². The molecule has 32 heavy (non-hydrogen) atoms. The fourth-order valence-electron chi connectivity index (χ4n) is 3.85. The van der Waals surface area contributed by atoms with Gasteiger partial charge in [-0.15, -0.1) is 0 Å². The average Bonchev–Trinajstić information content (AvgIpc) is 3.22. The summed E-state index contributed by atoms with van der Waals surface area (Å²) in [6.45, 7) is 5.11. The maximum absolute atomic E-state index is 13.0. The van der Waals surface area contributed by atoms with E-state index in [0.717, 1.165) is 11.1 Å². The molecule has 2 aliphatic heterocycles. The summed E-state index contributed by atoms with van der Waals surface area (Å²) < 4.78 is 55.2. The van der Waals surface area contributed by atoms with Crippen molar-refractivity contribution in [1.82, 2.24) is 0 Å². The van der Waals surface area contributed by atoms with Crippen molar-refractivity contribution in [2.45, 2.75) is 68.8 Å². The fourth-order valence-corrected chi connectivity index (χ4v) is 4.94. The van der Waals surface area contributed by atoms with Crippen molar-refractivity contribution in [3.05, 3.63) is 65.7 Å². The topological polar surface area (TPSA) is 101 Å². The first-order chi connectivity index (χ1) is 15.2. The van der Waals surface area contributed by atoms with E-state index in [0.29, 0.717) is 0 Å². The van der Waals surface area contributed by atoms with Crippen LogP contribution in [0.2, 0.25) is 0 Å². The Morgan fingerprint density at radius 3 is 2.41 bits per heavy atom. The van der Waals surface area contributed by atoms with Crippen LogP contribution in [-0.4, -0.2) is 56.6 Å². The van der Waals surface area contributed by atoms with Gasteiger partial charge in [-0.05, 0) is 38.5 Å². The highest BCUT2D eigenvalue weighted by atomic mass is 32.2. The normalized spacial score (nSPS) is 27.9. The van der Waals surface area contributed by atoms with E-state index in [1.54, 1.807) is 26.0 Å². The van der Waals surface area contributed by atoms with E-state index in [2.05, 4.69) is 0 Å². The second-order valence-electron chi connectivity index (χ2n) is 8.41. The van der Waals surface area contributed by atoms with Crippen LogP contribution in [0, 0.1) is 6.92 Å². The van der Waals surface area contributed by atoms with Crippen LogP contribution in [0.3, 0.4) is 0 Å². The molecule has 4 rings (SSSR count). The number of aliphatic hydroxyl groups is 1. The van der Waals surface area contributed by atoms with Gasteiger partial charge in [-0.2, -0.15) is 8.42 Å². The van der Waals surface area contributed by atoms with Gasteiger partial charge in [-0.3, -0.25) is 4.18 Å². The highest BCUT2D eigenvalue weighted by Gasteiger charge is 2.58. The quantitative estimate of drug-likeness (QED) is 0.595. The summed E-state index contributed by atoms with van der Waals surface area (Å²) in [6.07, 6.45) is -4.49. The number of aryl methyl sites for hydroxylation is 1. The number of benzene rings is 2. The molecule has 174 valence electrons. The highest BCUT2D eigenvalue weighted by molar-refractivity contribution is 7.86. The minimum Gasteiger partial charge on any atom is -0.394 e. The Morgan fingerprint density at radius 2 is 1.75 bits per heavy atom. The van der Waals surface area contributed by atoms with Gasteiger partial charge in [0.1, 0.15) is 24.4 Å². The number of hydrogen-bond acceptors (Lipinski definition) is 8. The van der Waals surface area contributed by atoms with Crippen LogP contribution in [0.1, 0.15) is 25.0 Å². The van der Waals surface area contributed by atoms with Crippen LogP contribution in [0.25, 0.3) is 0 Å². The third-order valence-electron chi connectivity index (χ3n) is 5.43. The molecule has 0 unspecified atom stereocenters. The number of ether oxygens (including phenoxy) is 4. The number of rotatable bonds is 8. The van der Waals surface area contributed by atoms with Gasteiger partial charge < -0.3 is 24.1 Å². The molecule has 0 aromatic heterocycles. The maximum Gasteiger partial charge on any atom is 0.297 e. The molecule has 2 fully saturated rings. The molecule has 0 radical (unpaired) electrons. The van der Waals surface area contributed by atoms with E-state index in [9.17, 15) is 13.5 Å². The Hall–Kier alpha value is -1.85. The molecule has 0 spiro atoms. The van der Waals surface area contributed by atoms with Crippen LogP contribution >= 0.6 is 0 Å². The van der Waals surface area contributed by atoms with E-state index in [1.807, 2.05) is 37.3 Å². The standard InChI is InChI=1S/C23H28O8S/c1-15-9-11-17(12-10-15)32(25,26)31-20-19(28-22-21(20)29-23(2,3)30-22)18(13-24)27-14-16-7-5-4-6-8-16/h4-12,18-22,24H,13-14H2,1-3H3/t18-,19-,20+,21-,22-/m1/s1. The highest BCUT2D eigenvalue weighted by Crippen LogP contribution is 2.41. The number of hydrogen-bond donors (Lipinski definition) is 1. The Morgan fingerprint density at radius 1 is 1.06 bits per heavy atom. The third kappa shape index (κ3) is 5.04. The lowest BCUT2D eigenvalue weighted by atomic mass is 10.1. The molecule has 5 atom stereocenters. The zero-order chi connectivity index (χ0) is 22.9. The summed E-state index contributed by atoms with van der Waals surface area (Å²) in [6, 6.07) is 15.8. The first-order valence-electron chi connectivity index (χ1n) is 10.5. The van der Waals surface area contributed by atoms with Crippen molar-refractivity contribution >= 4 is 10.1 Å². The van der Waals surface area contributed by atoms with Crippen LogP contribution in [0.5, 0.6) is 0 Å². The average molecular weight is 465 g/mol. The van der Waals surface area contributed by atoms with E-state index in [4.69, 9.17) is 23.1 Å². The largest absolute Gasteiger partial charge is 0.394 e. The van der Waals surface area contributed by atoms with Gasteiger partial charge in [0, 0.05) is 0 Å². The van der Waals surface area contributed by atoms with Crippen LogP contribution in [-0.2, 0) is 39.9 Å². The Balaban J connectivity index is 1.56. The first-order valence-corrected chi connectivity index (χ1v) is 11.9.